The number of aromatic carboxylic acids is 1. The normalized spacial score (nSPS) is 18.9. The highest BCUT2D eigenvalue weighted by atomic mass is 35.5. The number of hydrogen-bond donors (Lipinski definition) is 1. The Hall–Kier alpha value is -0.820. The van der Waals surface area contributed by atoms with Crippen LogP contribution in [0.2, 0.25) is 13.7 Å². The summed E-state index contributed by atoms with van der Waals surface area (Å²) in [5, 5.41) is 10.1. The molecule has 25 heavy (non-hydrogen) atoms. The topological polar surface area (TPSA) is 55.8 Å². The molecule has 2 atom stereocenters. The third-order valence-electron chi connectivity index (χ3n) is 3.91. The van der Waals surface area contributed by atoms with Crippen molar-refractivity contribution in [3.05, 3.63) is 54.7 Å². The van der Waals surface area contributed by atoms with Gasteiger partial charge >= 0.3 is 5.97 Å². The van der Waals surface area contributed by atoms with Gasteiger partial charge in [0, 0.05) is 17.2 Å². The molecule has 0 spiro atoms. The van der Waals surface area contributed by atoms with Gasteiger partial charge in [0.15, 0.2) is 6.29 Å². The van der Waals surface area contributed by atoms with Crippen molar-refractivity contribution in [2.45, 2.75) is 31.7 Å². The van der Waals surface area contributed by atoms with Crippen molar-refractivity contribution in [1.29, 1.82) is 0 Å². The van der Waals surface area contributed by atoms with Gasteiger partial charge in [0.05, 0.1) is 5.56 Å². The molecule has 4 nitrogen and oxygen atoms in total. The maximum Gasteiger partial charge on any atom is 0.338 e. The maximum atomic E-state index is 11.7. The zero-order valence-corrected chi connectivity index (χ0v) is 16.1. The van der Waals surface area contributed by atoms with Crippen molar-refractivity contribution in [2.75, 3.05) is 6.61 Å². The Balaban J connectivity index is 2.06. The van der Waals surface area contributed by atoms with E-state index in [-0.39, 0.29) is 14.2 Å². The van der Waals surface area contributed by atoms with Crippen molar-refractivity contribution in [3.8, 4) is 0 Å². The quantitative estimate of drug-likeness (QED) is 0.639. The predicted octanol–water partition coefficient (Wildman–Crippen LogP) is 6.04. The molecule has 2 heterocycles. The van der Waals surface area contributed by atoms with E-state index in [2.05, 4.69) is 0 Å². The van der Waals surface area contributed by atoms with Crippen LogP contribution >= 0.6 is 46.1 Å². The van der Waals surface area contributed by atoms with Crippen LogP contribution in [0.5, 0.6) is 0 Å². The van der Waals surface area contributed by atoms with Gasteiger partial charge in [0.25, 0.3) is 0 Å². The lowest BCUT2D eigenvalue weighted by atomic mass is 10.00. The van der Waals surface area contributed by atoms with E-state index < -0.39 is 18.4 Å². The summed E-state index contributed by atoms with van der Waals surface area (Å²) in [5.74, 6) is -1.15. The van der Waals surface area contributed by atoms with Gasteiger partial charge in [-0.05, 0) is 37.0 Å². The summed E-state index contributed by atoms with van der Waals surface area (Å²) in [5.41, 5.74) is 0.985. The second-order valence-electron chi connectivity index (χ2n) is 5.61. The number of rotatable bonds is 5. The standard InChI is InChI=1S/C17H15Cl3O4S/c18-10-5-3-4-9(8-10)14(24-11-6-1-2-7-23-11)12-13(17(21)22)16(20)25-15(12)19/h3-5,8,11,14H,1-2,6-7H2,(H,21,22). The van der Waals surface area contributed by atoms with Crippen molar-refractivity contribution in [1.82, 2.24) is 0 Å². The highest BCUT2D eigenvalue weighted by Gasteiger charge is 2.32. The van der Waals surface area contributed by atoms with Crippen LogP contribution in [0.3, 0.4) is 0 Å². The zero-order valence-electron chi connectivity index (χ0n) is 13.0. The molecular weight excluding hydrogens is 407 g/mol. The first-order valence-corrected chi connectivity index (χ1v) is 9.66. The number of halogens is 3. The molecular formula is C17H15Cl3O4S. The molecule has 8 heteroatoms. The summed E-state index contributed by atoms with van der Waals surface area (Å²) in [6.45, 7) is 0.608. The zero-order chi connectivity index (χ0) is 18.0. The number of benzene rings is 1. The lowest BCUT2D eigenvalue weighted by molar-refractivity contribution is -0.181. The highest BCUT2D eigenvalue weighted by Crippen LogP contribution is 2.44. The summed E-state index contributed by atoms with van der Waals surface area (Å²) >= 11 is 19.5. The van der Waals surface area contributed by atoms with Crippen molar-refractivity contribution in [2.24, 2.45) is 0 Å². The molecule has 1 N–H and O–H groups in total. The average molecular weight is 422 g/mol. The third-order valence-corrected chi connectivity index (χ3v) is 5.78. The summed E-state index contributed by atoms with van der Waals surface area (Å²) in [7, 11) is 0. The summed E-state index contributed by atoms with van der Waals surface area (Å²) in [4.78, 5) is 11.7. The van der Waals surface area contributed by atoms with E-state index >= 15 is 0 Å². The smallest absolute Gasteiger partial charge is 0.338 e. The molecule has 3 rings (SSSR count). The van der Waals surface area contributed by atoms with Crippen LogP contribution < -0.4 is 0 Å². The van der Waals surface area contributed by atoms with Gasteiger partial charge in [-0.25, -0.2) is 4.79 Å². The van der Waals surface area contributed by atoms with Crippen LogP contribution in [-0.4, -0.2) is 24.0 Å². The number of hydrogen-bond acceptors (Lipinski definition) is 4. The Bertz CT molecular complexity index is 771. The van der Waals surface area contributed by atoms with Crippen molar-refractivity contribution in [3.63, 3.8) is 0 Å². The van der Waals surface area contributed by atoms with E-state index in [1.807, 2.05) is 6.07 Å². The number of carboxylic acids is 1. The summed E-state index contributed by atoms with van der Waals surface area (Å²) < 4.78 is 12.2. The monoisotopic (exact) mass is 420 g/mol. The molecule has 1 saturated heterocycles. The molecule has 2 aromatic rings. The number of ether oxygens (including phenoxy) is 2. The SMILES string of the molecule is O=C(O)c1c(Cl)sc(Cl)c1C(OC1CCCCO1)c1cccc(Cl)c1. The molecule has 0 radical (unpaired) electrons. The van der Waals surface area contributed by atoms with Gasteiger partial charge in [-0.3, -0.25) is 0 Å². The fourth-order valence-electron chi connectivity index (χ4n) is 2.78. The maximum absolute atomic E-state index is 11.7. The number of carboxylic acid groups (broad SMARTS) is 1. The van der Waals surface area contributed by atoms with Gasteiger partial charge < -0.3 is 14.6 Å². The molecule has 2 unspecified atom stereocenters. The lowest BCUT2D eigenvalue weighted by Gasteiger charge is -2.28. The molecule has 1 aromatic carbocycles. The molecule has 1 aliphatic rings. The third kappa shape index (κ3) is 4.30. The summed E-state index contributed by atoms with van der Waals surface area (Å²) in [6.07, 6.45) is 1.53. The first-order chi connectivity index (χ1) is 12.0. The minimum atomic E-state index is -1.15. The fraction of sp³-hybridized carbons (Fsp3) is 0.353. The number of carbonyl (C=O) groups is 1. The Labute approximate surface area is 164 Å². The first-order valence-electron chi connectivity index (χ1n) is 7.71. The second-order valence-corrected chi connectivity index (χ2v) is 8.27. The molecule has 1 fully saturated rings. The Morgan fingerprint density at radius 3 is 2.72 bits per heavy atom. The molecule has 134 valence electrons. The second kappa shape index (κ2) is 8.25. The predicted molar refractivity (Wildman–Crippen MR) is 99.3 cm³/mol. The van der Waals surface area contributed by atoms with Crippen LogP contribution in [-0.2, 0) is 9.47 Å². The van der Waals surface area contributed by atoms with Crippen LogP contribution in [0.15, 0.2) is 24.3 Å². The van der Waals surface area contributed by atoms with E-state index in [9.17, 15) is 9.90 Å². The lowest BCUT2D eigenvalue weighted by Crippen LogP contribution is -2.25. The van der Waals surface area contributed by atoms with E-state index in [1.54, 1.807) is 18.2 Å². The number of thiophene rings is 1. The Morgan fingerprint density at radius 2 is 2.08 bits per heavy atom. The molecule has 0 bridgehead atoms. The fourth-order valence-corrected chi connectivity index (χ4v) is 4.71. The Kier molecular flexibility index (Phi) is 6.25. The van der Waals surface area contributed by atoms with Crippen LogP contribution in [0.25, 0.3) is 0 Å². The van der Waals surface area contributed by atoms with E-state index in [0.29, 0.717) is 22.8 Å². The van der Waals surface area contributed by atoms with Gasteiger partial charge in [0.2, 0.25) is 0 Å². The van der Waals surface area contributed by atoms with E-state index in [0.717, 1.165) is 30.6 Å². The van der Waals surface area contributed by atoms with Crippen LogP contribution in [0.4, 0.5) is 0 Å². The minimum Gasteiger partial charge on any atom is -0.478 e. The van der Waals surface area contributed by atoms with Gasteiger partial charge in [0.1, 0.15) is 14.8 Å². The van der Waals surface area contributed by atoms with Crippen molar-refractivity contribution >= 4 is 52.1 Å². The van der Waals surface area contributed by atoms with Gasteiger partial charge in [-0.2, -0.15) is 0 Å². The van der Waals surface area contributed by atoms with E-state index in [1.165, 1.54) is 0 Å². The van der Waals surface area contributed by atoms with Gasteiger partial charge in [-0.1, -0.05) is 46.9 Å². The molecule has 0 aliphatic carbocycles. The summed E-state index contributed by atoms with van der Waals surface area (Å²) in [6, 6.07) is 7.05. The largest absolute Gasteiger partial charge is 0.478 e. The van der Waals surface area contributed by atoms with Crippen LogP contribution in [0, 0.1) is 0 Å². The molecule has 1 aliphatic heterocycles. The minimum absolute atomic E-state index is 0.0440. The van der Waals surface area contributed by atoms with E-state index in [4.69, 9.17) is 44.3 Å². The first kappa shape index (κ1) is 19.0. The molecule has 0 saturated carbocycles. The molecule has 0 amide bonds. The van der Waals surface area contributed by atoms with Crippen molar-refractivity contribution < 1.29 is 19.4 Å². The molecule has 1 aromatic heterocycles. The van der Waals surface area contributed by atoms with Gasteiger partial charge in [-0.15, -0.1) is 11.3 Å². The Morgan fingerprint density at radius 1 is 1.28 bits per heavy atom. The average Bonchev–Trinajstić information content (AvgIpc) is 2.87. The highest BCUT2D eigenvalue weighted by molar-refractivity contribution is 7.20. The van der Waals surface area contributed by atoms with Crippen LogP contribution in [0.1, 0.15) is 46.9 Å².